The number of anilines is 2. The van der Waals surface area contributed by atoms with E-state index < -0.39 is 0 Å². The lowest BCUT2D eigenvalue weighted by Crippen LogP contribution is -2.34. The maximum atomic E-state index is 5.49. The maximum absolute atomic E-state index is 5.49. The summed E-state index contributed by atoms with van der Waals surface area (Å²) in [4.78, 5) is 0. The molecule has 5 heteroatoms. The molecule has 1 rings (SSSR count). The molecule has 6 N–H and O–H groups in total. The van der Waals surface area contributed by atoms with Crippen LogP contribution in [0.5, 0.6) is 0 Å². The van der Waals surface area contributed by atoms with Gasteiger partial charge in [-0.2, -0.15) is 0 Å². The second-order valence-corrected chi connectivity index (χ2v) is 2.63. The lowest BCUT2D eigenvalue weighted by molar-refractivity contribution is 1.04. The van der Waals surface area contributed by atoms with Crippen molar-refractivity contribution in [3.63, 3.8) is 0 Å². The van der Waals surface area contributed by atoms with Crippen molar-refractivity contribution in [2.24, 2.45) is 5.84 Å². The van der Waals surface area contributed by atoms with Gasteiger partial charge in [-0.05, 0) is 36.5 Å². The van der Waals surface area contributed by atoms with E-state index in [1.165, 1.54) is 0 Å². The van der Waals surface area contributed by atoms with E-state index in [4.69, 9.17) is 23.8 Å². The smallest absolute Gasteiger partial charge is 0.185 e. The highest BCUT2D eigenvalue weighted by Gasteiger charge is 1.93. The molecule has 1 aromatic carbocycles. The molecule has 0 aliphatic carbocycles. The Labute approximate surface area is 75.9 Å². The molecule has 64 valence electrons. The minimum absolute atomic E-state index is 0.375. The van der Waals surface area contributed by atoms with Gasteiger partial charge in [0.25, 0.3) is 0 Å². The topological polar surface area (TPSA) is 76.1 Å². The Balaban J connectivity index is 2.64. The summed E-state index contributed by atoms with van der Waals surface area (Å²) in [5.74, 6) is 5.07. The number of hydrazine groups is 1. The predicted octanol–water partition coefficient (Wildman–Crippen LogP) is 0.429. The van der Waals surface area contributed by atoms with Gasteiger partial charge in [-0.3, -0.25) is 0 Å². The van der Waals surface area contributed by atoms with E-state index >= 15 is 0 Å². The van der Waals surface area contributed by atoms with E-state index in [0.29, 0.717) is 10.8 Å². The molecule has 0 aliphatic rings. The lowest BCUT2D eigenvalue weighted by atomic mass is 10.3. The van der Waals surface area contributed by atoms with Crippen molar-refractivity contribution in [3.05, 3.63) is 24.3 Å². The van der Waals surface area contributed by atoms with Crippen LogP contribution in [-0.4, -0.2) is 5.11 Å². The summed E-state index contributed by atoms with van der Waals surface area (Å²) in [6, 6.07) is 7.20. The van der Waals surface area contributed by atoms with Gasteiger partial charge in [-0.25, -0.2) is 5.84 Å². The highest BCUT2D eigenvalue weighted by atomic mass is 32.1. The number of benzene rings is 1. The first kappa shape index (κ1) is 8.76. The van der Waals surface area contributed by atoms with Gasteiger partial charge in [0.15, 0.2) is 5.11 Å². The first-order valence-corrected chi connectivity index (χ1v) is 3.76. The van der Waals surface area contributed by atoms with Crippen LogP contribution < -0.4 is 22.3 Å². The number of hydrogen-bond donors (Lipinski definition) is 4. The Morgan fingerprint density at radius 1 is 1.25 bits per heavy atom. The van der Waals surface area contributed by atoms with Crippen molar-refractivity contribution in [2.45, 2.75) is 0 Å². The summed E-state index contributed by atoms with van der Waals surface area (Å²) in [7, 11) is 0. The van der Waals surface area contributed by atoms with E-state index in [0.717, 1.165) is 5.69 Å². The zero-order chi connectivity index (χ0) is 8.97. The summed E-state index contributed by atoms with van der Waals surface area (Å²) in [5.41, 5.74) is 9.37. The molecule has 12 heavy (non-hydrogen) atoms. The third kappa shape index (κ3) is 2.37. The SMILES string of the molecule is NNC(=S)Nc1ccc(N)cc1. The Hall–Kier alpha value is -1.33. The minimum atomic E-state index is 0.375. The summed E-state index contributed by atoms with van der Waals surface area (Å²) in [6.45, 7) is 0. The molecular weight excluding hydrogens is 172 g/mol. The van der Waals surface area contributed by atoms with E-state index in [1.54, 1.807) is 12.1 Å². The molecule has 0 saturated heterocycles. The molecule has 0 radical (unpaired) electrons. The zero-order valence-electron chi connectivity index (χ0n) is 6.37. The van der Waals surface area contributed by atoms with Gasteiger partial charge in [0, 0.05) is 11.4 Å². The van der Waals surface area contributed by atoms with Crippen LogP contribution in [0.25, 0.3) is 0 Å². The molecule has 0 fully saturated rings. The average molecular weight is 182 g/mol. The zero-order valence-corrected chi connectivity index (χ0v) is 7.19. The van der Waals surface area contributed by atoms with E-state index in [9.17, 15) is 0 Å². The third-order valence-electron chi connectivity index (χ3n) is 1.30. The Bertz CT molecular complexity index is 269. The van der Waals surface area contributed by atoms with Crippen LogP contribution in [0.15, 0.2) is 24.3 Å². The van der Waals surface area contributed by atoms with Gasteiger partial charge >= 0.3 is 0 Å². The molecular formula is C7H10N4S. The lowest BCUT2D eigenvalue weighted by Gasteiger charge is -2.05. The number of nitrogens with one attached hydrogen (secondary N) is 2. The molecule has 0 spiro atoms. The van der Waals surface area contributed by atoms with Crippen LogP contribution in [0.4, 0.5) is 11.4 Å². The maximum Gasteiger partial charge on any atom is 0.185 e. The van der Waals surface area contributed by atoms with Crippen LogP contribution in [0.3, 0.4) is 0 Å². The monoisotopic (exact) mass is 182 g/mol. The highest BCUT2D eigenvalue weighted by molar-refractivity contribution is 7.80. The van der Waals surface area contributed by atoms with Crippen LogP contribution >= 0.6 is 12.2 Å². The van der Waals surface area contributed by atoms with Crippen molar-refractivity contribution in [2.75, 3.05) is 11.1 Å². The van der Waals surface area contributed by atoms with Gasteiger partial charge in [0.05, 0.1) is 0 Å². The Morgan fingerprint density at radius 2 is 1.83 bits per heavy atom. The minimum Gasteiger partial charge on any atom is -0.399 e. The molecule has 0 aliphatic heterocycles. The predicted molar refractivity (Wildman–Crippen MR) is 54.4 cm³/mol. The fraction of sp³-hybridized carbons (Fsp3) is 0. The molecule has 0 atom stereocenters. The normalized spacial score (nSPS) is 9.08. The molecule has 4 nitrogen and oxygen atoms in total. The molecule has 1 aromatic rings. The summed E-state index contributed by atoms with van der Waals surface area (Å²) in [5, 5.41) is 3.23. The second kappa shape index (κ2) is 3.89. The van der Waals surface area contributed by atoms with E-state index in [1.807, 2.05) is 12.1 Å². The molecule has 0 heterocycles. The third-order valence-corrected chi connectivity index (χ3v) is 1.52. The number of nitrogens with two attached hydrogens (primary N) is 2. The van der Waals surface area contributed by atoms with Gasteiger partial charge in [-0.15, -0.1) is 0 Å². The molecule has 0 bridgehead atoms. The largest absolute Gasteiger partial charge is 0.399 e. The standard InChI is InChI=1S/C7H10N4S/c8-5-1-3-6(4-2-5)10-7(12)11-9/h1-4H,8-9H2,(H2,10,11,12). The Morgan fingerprint density at radius 3 is 2.33 bits per heavy atom. The van der Waals surface area contributed by atoms with Gasteiger partial charge < -0.3 is 16.5 Å². The van der Waals surface area contributed by atoms with Crippen LogP contribution in [0, 0.1) is 0 Å². The van der Waals surface area contributed by atoms with Crippen molar-refractivity contribution in [1.82, 2.24) is 5.43 Å². The number of hydrogen-bond acceptors (Lipinski definition) is 3. The first-order chi connectivity index (χ1) is 5.72. The van der Waals surface area contributed by atoms with E-state index in [2.05, 4.69) is 10.7 Å². The van der Waals surface area contributed by atoms with Crippen molar-refractivity contribution in [1.29, 1.82) is 0 Å². The molecule has 0 saturated carbocycles. The van der Waals surface area contributed by atoms with Crippen molar-refractivity contribution < 1.29 is 0 Å². The Kier molecular flexibility index (Phi) is 2.84. The fourth-order valence-electron chi connectivity index (χ4n) is 0.734. The highest BCUT2D eigenvalue weighted by Crippen LogP contribution is 2.09. The first-order valence-electron chi connectivity index (χ1n) is 3.35. The molecule has 0 amide bonds. The van der Waals surface area contributed by atoms with Crippen molar-refractivity contribution in [3.8, 4) is 0 Å². The van der Waals surface area contributed by atoms with Crippen LogP contribution in [0.1, 0.15) is 0 Å². The van der Waals surface area contributed by atoms with Crippen LogP contribution in [-0.2, 0) is 0 Å². The summed E-state index contributed by atoms with van der Waals surface area (Å²) >= 11 is 4.79. The molecule has 0 aromatic heterocycles. The van der Waals surface area contributed by atoms with Gasteiger partial charge in [0.1, 0.15) is 0 Å². The number of thiocarbonyl (C=S) groups is 1. The summed E-state index contributed by atoms with van der Waals surface area (Å²) in [6.07, 6.45) is 0. The van der Waals surface area contributed by atoms with Crippen LogP contribution in [0.2, 0.25) is 0 Å². The van der Waals surface area contributed by atoms with Gasteiger partial charge in [0.2, 0.25) is 0 Å². The number of rotatable bonds is 1. The summed E-state index contributed by atoms with van der Waals surface area (Å²) < 4.78 is 0. The quantitative estimate of drug-likeness (QED) is 0.219. The van der Waals surface area contributed by atoms with Crippen molar-refractivity contribution >= 4 is 28.7 Å². The average Bonchev–Trinajstić information content (AvgIpc) is 2.09. The van der Waals surface area contributed by atoms with E-state index in [-0.39, 0.29) is 0 Å². The van der Waals surface area contributed by atoms with Gasteiger partial charge in [-0.1, -0.05) is 0 Å². The number of nitrogen functional groups attached to an aromatic ring is 1. The second-order valence-electron chi connectivity index (χ2n) is 2.22. The molecule has 0 unspecified atom stereocenters. The fourth-order valence-corrected chi connectivity index (χ4v) is 0.851.